The molecule has 0 aromatic heterocycles. The number of benzene rings is 1. The lowest BCUT2D eigenvalue weighted by atomic mass is 10.1. The number of hydrogen-bond donors (Lipinski definition) is 0. The predicted molar refractivity (Wildman–Crippen MR) is 84.1 cm³/mol. The molecule has 1 aromatic carbocycles. The lowest BCUT2D eigenvalue weighted by Gasteiger charge is -2.12. The largest absolute Gasteiger partial charge is 0.492 e. The van der Waals surface area contributed by atoms with E-state index in [9.17, 15) is 4.79 Å². The van der Waals surface area contributed by atoms with E-state index in [0.29, 0.717) is 29.4 Å². The minimum absolute atomic E-state index is 0.439. The zero-order valence-electron chi connectivity index (χ0n) is 11.4. The highest BCUT2D eigenvalue weighted by molar-refractivity contribution is 14.1. The van der Waals surface area contributed by atoms with E-state index in [2.05, 4.69) is 32.6 Å². The number of methoxy groups -OCH3 is 1. The van der Waals surface area contributed by atoms with Crippen molar-refractivity contribution < 1.29 is 19.1 Å². The quantitative estimate of drug-likeness (QED) is 0.453. The molecule has 2 rings (SSSR count). The molecule has 0 saturated carbocycles. The van der Waals surface area contributed by atoms with E-state index in [-0.39, 0.29) is 0 Å². The molecule has 0 N–H and O–H groups in total. The second kappa shape index (κ2) is 6.25. The van der Waals surface area contributed by atoms with E-state index in [1.807, 2.05) is 19.1 Å². The van der Waals surface area contributed by atoms with Crippen molar-refractivity contribution in [1.82, 2.24) is 0 Å². The van der Waals surface area contributed by atoms with Gasteiger partial charge < -0.3 is 14.3 Å². The fourth-order valence-electron chi connectivity index (χ4n) is 1.82. The number of hydrogen-bond acceptors (Lipinski definition) is 5. The second-order valence-corrected chi connectivity index (χ2v) is 5.24. The summed E-state index contributed by atoms with van der Waals surface area (Å²) in [5.41, 5.74) is 1.86. The minimum atomic E-state index is -0.439. The van der Waals surface area contributed by atoms with Crippen LogP contribution in [0.25, 0.3) is 6.08 Å². The summed E-state index contributed by atoms with van der Waals surface area (Å²) in [4.78, 5) is 16.2. The third-order valence-corrected chi connectivity index (χ3v) is 3.52. The average molecular weight is 387 g/mol. The normalized spacial score (nSPS) is 16.1. The third kappa shape index (κ3) is 2.95. The van der Waals surface area contributed by atoms with E-state index < -0.39 is 5.97 Å². The summed E-state index contributed by atoms with van der Waals surface area (Å²) in [6, 6.07) is 3.74. The van der Waals surface area contributed by atoms with Crippen molar-refractivity contribution in [3.8, 4) is 11.5 Å². The van der Waals surface area contributed by atoms with Gasteiger partial charge in [-0.2, -0.15) is 0 Å². The first-order chi connectivity index (χ1) is 9.56. The highest BCUT2D eigenvalue weighted by Crippen LogP contribution is 2.34. The molecule has 0 bridgehead atoms. The van der Waals surface area contributed by atoms with Crippen molar-refractivity contribution in [2.24, 2.45) is 5.16 Å². The molecule has 1 aliphatic rings. The van der Waals surface area contributed by atoms with Crippen LogP contribution in [0.3, 0.4) is 0 Å². The number of carbonyl (C=O) groups excluding carboxylic acids is 1. The number of carbonyl (C=O) groups is 1. The molecule has 0 aliphatic carbocycles. The van der Waals surface area contributed by atoms with Gasteiger partial charge >= 0.3 is 5.97 Å². The predicted octanol–water partition coefficient (Wildman–Crippen LogP) is 3.01. The molecular formula is C14H14INO4. The van der Waals surface area contributed by atoms with Gasteiger partial charge in [-0.1, -0.05) is 5.16 Å². The molecule has 0 atom stereocenters. The molecule has 1 aromatic rings. The van der Waals surface area contributed by atoms with Crippen LogP contribution in [0.4, 0.5) is 0 Å². The van der Waals surface area contributed by atoms with Gasteiger partial charge in [0.15, 0.2) is 11.5 Å². The first-order valence-electron chi connectivity index (χ1n) is 6.05. The summed E-state index contributed by atoms with van der Waals surface area (Å²) >= 11 is 2.17. The highest BCUT2D eigenvalue weighted by Gasteiger charge is 2.22. The van der Waals surface area contributed by atoms with Crippen molar-refractivity contribution >= 4 is 40.3 Å². The number of nitrogens with zero attached hydrogens (tertiary/aromatic N) is 1. The Balaban J connectivity index is 2.45. The molecule has 6 heteroatoms. The molecule has 5 nitrogen and oxygen atoms in total. The van der Waals surface area contributed by atoms with Crippen LogP contribution in [-0.2, 0) is 9.63 Å². The molecule has 0 radical (unpaired) electrons. The number of halogens is 1. The fourth-order valence-corrected chi connectivity index (χ4v) is 2.66. The SMILES string of the molecule is CCOc1cc(/C=C2/C(=O)ON=C2C)cc(I)c1OC. The Hall–Kier alpha value is -1.57. The van der Waals surface area contributed by atoms with Gasteiger partial charge in [-0.3, -0.25) is 0 Å². The Kier molecular flexibility index (Phi) is 4.64. The molecule has 20 heavy (non-hydrogen) atoms. The molecule has 0 unspecified atom stereocenters. The molecule has 1 heterocycles. The van der Waals surface area contributed by atoms with Gasteiger partial charge in [0, 0.05) is 0 Å². The van der Waals surface area contributed by atoms with Crippen molar-refractivity contribution in [2.75, 3.05) is 13.7 Å². The summed E-state index contributed by atoms with van der Waals surface area (Å²) in [5, 5.41) is 3.65. The monoisotopic (exact) mass is 387 g/mol. The second-order valence-electron chi connectivity index (χ2n) is 4.08. The molecule has 1 aliphatic heterocycles. The smallest absolute Gasteiger partial charge is 0.367 e. The molecular weight excluding hydrogens is 373 g/mol. The van der Waals surface area contributed by atoms with Crippen LogP contribution < -0.4 is 9.47 Å². The summed E-state index contributed by atoms with van der Waals surface area (Å²) in [5.74, 6) is 0.898. The Morgan fingerprint density at radius 3 is 2.75 bits per heavy atom. The van der Waals surface area contributed by atoms with Crippen LogP contribution in [0.1, 0.15) is 19.4 Å². The summed E-state index contributed by atoms with van der Waals surface area (Å²) in [6.07, 6.45) is 1.73. The van der Waals surface area contributed by atoms with Crippen molar-refractivity contribution in [3.63, 3.8) is 0 Å². The zero-order chi connectivity index (χ0) is 14.7. The fraction of sp³-hybridized carbons (Fsp3) is 0.286. The summed E-state index contributed by atoms with van der Waals surface area (Å²) < 4.78 is 11.8. The first kappa shape index (κ1) is 14.8. The van der Waals surface area contributed by atoms with Crippen LogP contribution in [0.15, 0.2) is 22.9 Å². The van der Waals surface area contributed by atoms with Gasteiger partial charge in [0.1, 0.15) is 0 Å². The van der Waals surface area contributed by atoms with E-state index in [1.165, 1.54) is 0 Å². The Morgan fingerprint density at radius 2 is 2.20 bits per heavy atom. The Labute approximate surface area is 130 Å². The molecule has 0 saturated heterocycles. The zero-order valence-corrected chi connectivity index (χ0v) is 13.6. The van der Waals surface area contributed by atoms with E-state index >= 15 is 0 Å². The van der Waals surface area contributed by atoms with Crippen LogP contribution in [-0.4, -0.2) is 25.4 Å². The van der Waals surface area contributed by atoms with Crippen LogP contribution >= 0.6 is 22.6 Å². The van der Waals surface area contributed by atoms with Crippen LogP contribution in [0.5, 0.6) is 11.5 Å². The molecule has 0 spiro atoms. The lowest BCUT2D eigenvalue weighted by molar-refractivity contribution is -0.136. The number of oxime groups is 1. The van der Waals surface area contributed by atoms with Gasteiger partial charge in [0.05, 0.1) is 28.6 Å². The maximum Gasteiger partial charge on any atom is 0.367 e. The van der Waals surface area contributed by atoms with Crippen LogP contribution in [0, 0.1) is 3.57 Å². The molecule has 0 fully saturated rings. The minimum Gasteiger partial charge on any atom is -0.492 e. The third-order valence-electron chi connectivity index (χ3n) is 2.72. The summed E-state index contributed by atoms with van der Waals surface area (Å²) in [7, 11) is 1.60. The molecule has 106 valence electrons. The van der Waals surface area contributed by atoms with E-state index in [0.717, 1.165) is 9.13 Å². The topological polar surface area (TPSA) is 57.1 Å². The van der Waals surface area contributed by atoms with Gasteiger partial charge in [-0.25, -0.2) is 4.79 Å². The van der Waals surface area contributed by atoms with Gasteiger partial charge in [0.25, 0.3) is 0 Å². The lowest BCUT2D eigenvalue weighted by Crippen LogP contribution is -2.02. The van der Waals surface area contributed by atoms with E-state index in [1.54, 1.807) is 20.1 Å². The Bertz CT molecular complexity index is 607. The summed E-state index contributed by atoms with van der Waals surface area (Å²) in [6.45, 7) is 4.17. The standard InChI is InChI=1S/C14H14INO4/c1-4-19-12-7-9(6-11(15)13(12)18-3)5-10-8(2)16-20-14(10)17/h5-7H,4H2,1-3H3/b10-5+. The van der Waals surface area contributed by atoms with Gasteiger partial charge in [-0.15, -0.1) is 0 Å². The first-order valence-corrected chi connectivity index (χ1v) is 7.13. The van der Waals surface area contributed by atoms with Crippen molar-refractivity contribution in [3.05, 3.63) is 26.8 Å². The van der Waals surface area contributed by atoms with Crippen molar-refractivity contribution in [2.45, 2.75) is 13.8 Å². The van der Waals surface area contributed by atoms with Crippen LogP contribution in [0.2, 0.25) is 0 Å². The van der Waals surface area contributed by atoms with Gasteiger partial charge in [0.2, 0.25) is 0 Å². The Morgan fingerprint density at radius 1 is 1.45 bits per heavy atom. The highest BCUT2D eigenvalue weighted by atomic mass is 127. The molecule has 0 amide bonds. The maximum atomic E-state index is 11.5. The van der Waals surface area contributed by atoms with E-state index in [4.69, 9.17) is 9.47 Å². The number of rotatable bonds is 4. The average Bonchev–Trinajstić information content (AvgIpc) is 2.71. The number of ether oxygens (including phenoxy) is 2. The van der Waals surface area contributed by atoms with Crippen molar-refractivity contribution in [1.29, 1.82) is 0 Å². The maximum absolute atomic E-state index is 11.5. The van der Waals surface area contributed by atoms with Gasteiger partial charge in [-0.05, 0) is 60.2 Å².